The fraction of sp³-hybridized carbons (Fsp3) is 0.292. The molecule has 1 saturated heterocycles. The van der Waals surface area contributed by atoms with Gasteiger partial charge in [0.2, 0.25) is 0 Å². The Morgan fingerprint density at radius 2 is 1.87 bits per heavy atom. The van der Waals surface area contributed by atoms with E-state index in [0.717, 1.165) is 42.7 Å². The van der Waals surface area contributed by atoms with Crippen LogP contribution in [-0.2, 0) is 11.3 Å². The van der Waals surface area contributed by atoms with Crippen molar-refractivity contribution >= 4 is 27.7 Å². The number of amides is 1. The van der Waals surface area contributed by atoms with E-state index >= 15 is 0 Å². The lowest BCUT2D eigenvalue weighted by Gasteiger charge is -2.25. The molecule has 160 valence electrons. The summed E-state index contributed by atoms with van der Waals surface area (Å²) in [6.45, 7) is 1.95. The van der Waals surface area contributed by atoms with Crippen molar-refractivity contribution in [1.82, 2.24) is 15.2 Å². The Bertz CT molecular complexity index is 1190. The van der Waals surface area contributed by atoms with Crippen molar-refractivity contribution in [3.8, 4) is 0 Å². The number of rotatable bonds is 6. The summed E-state index contributed by atoms with van der Waals surface area (Å²) in [5.74, 6) is 0.539. The Hall–Kier alpha value is -3.13. The molecule has 0 spiro atoms. The summed E-state index contributed by atoms with van der Waals surface area (Å²) >= 11 is 0. The van der Waals surface area contributed by atoms with Gasteiger partial charge in [0.25, 0.3) is 5.91 Å². The second kappa shape index (κ2) is 8.55. The smallest absolute Gasteiger partial charge is 0.253 e. The molecule has 7 heteroatoms. The van der Waals surface area contributed by atoms with Crippen LogP contribution in [0.5, 0.6) is 0 Å². The van der Waals surface area contributed by atoms with Crippen molar-refractivity contribution in [3.05, 3.63) is 72.2 Å². The standard InChI is InChI=1S/C24H26N4O3/c25-24(26-15-18-4-3-11-31-18)27-23(29)16-7-8-20-19-5-1-2-6-21(19)28(22(20)14-16)17-9-12-30-13-10-17/h1-8,11,14,17,24,26H,9-10,12-13,15,25H2,(H,27,29). The molecule has 7 nitrogen and oxygen atoms in total. The Labute approximate surface area is 180 Å². The molecule has 1 atom stereocenters. The Balaban J connectivity index is 1.43. The third-order valence-corrected chi connectivity index (χ3v) is 5.89. The monoisotopic (exact) mass is 418 g/mol. The number of benzene rings is 2. The van der Waals surface area contributed by atoms with Gasteiger partial charge in [0.05, 0.1) is 18.3 Å². The molecule has 2 aromatic heterocycles. The normalized spacial score (nSPS) is 16.0. The van der Waals surface area contributed by atoms with Gasteiger partial charge in [-0.25, -0.2) is 0 Å². The van der Waals surface area contributed by atoms with Crippen LogP contribution in [0.3, 0.4) is 0 Å². The SMILES string of the molecule is NC(NCc1ccco1)NC(=O)c1ccc2c3ccccc3n(C3CCOCC3)c2c1. The van der Waals surface area contributed by atoms with Crippen LogP contribution >= 0.6 is 0 Å². The van der Waals surface area contributed by atoms with E-state index < -0.39 is 6.29 Å². The summed E-state index contributed by atoms with van der Waals surface area (Å²) < 4.78 is 13.2. The molecule has 5 rings (SSSR count). The molecular formula is C24H26N4O3. The summed E-state index contributed by atoms with van der Waals surface area (Å²) in [5, 5.41) is 8.21. The van der Waals surface area contributed by atoms with E-state index in [1.165, 1.54) is 10.9 Å². The van der Waals surface area contributed by atoms with Gasteiger partial charge in [-0.1, -0.05) is 24.3 Å². The number of carbonyl (C=O) groups is 1. The maximum atomic E-state index is 12.9. The van der Waals surface area contributed by atoms with E-state index in [2.05, 4.69) is 39.5 Å². The number of nitrogens with zero attached hydrogens (tertiary/aromatic N) is 1. The first kappa shape index (κ1) is 19.8. The average Bonchev–Trinajstić information content (AvgIpc) is 3.44. The van der Waals surface area contributed by atoms with Crippen molar-refractivity contribution in [3.63, 3.8) is 0 Å². The molecule has 1 aliphatic heterocycles. The van der Waals surface area contributed by atoms with Gasteiger partial charge >= 0.3 is 0 Å². The van der Waals surface area contributed by atoms with Crippen molar-refractivity contribution in [2.45, 2.75) is 31.7 Å². The lowest BCUT2D eigenvalue weighted by molar-refractivity contribution is 0.0717. The zero-order valence-electron chi connectivity index (χ0n) is 17.2. The molecule has 0 radical (unpaired) electrons. The Kier molecular flexibility index (Phi) is 5.46. The van der Waals surface area contributed by atoms with Crippen LogP contribution in [-0.4, -0.2) is 30.0 Å². The van der Waals surface area contributed by atoms with Crippen LogP contribution in [0.4, 0.5) is 0 Å². The number of hydrogen-bond donors (Lipinski definition) is 3. The minimum Gasteiger partial charge on any atom is -0.468 e. The van der Waals surface area contributed by atoms with Gasteiger partial charge in [-0.2, -0.15) is 0 Å². The number of ether oxygens (including phenoxy) is 1. The number of para-hydroxylation sites is 1. The van der Waals surface area contributed by atoms with E-state index in [0.29, 0.717) is 18.2 Å². The molecule has 0 bridgehead atoms. The van der Waals surface area contributed by atoms with Gasteiger partial charge in [-0.05, 0) is 43.2 Å². The first-order valence-electron chi connectivity index (χ1n) is 10.6. The van der Waals surface area contributed by atoms with Gasteiger partial charge in [0.15, 0.2) is 0 Å². The van der Waals surface area contributed by atoms with E-state index in [9.17, 15) is 4.79 Å². The summed E-state index contributed by atoms with van der Waals surface area (Å²) in [6, 6.07) is 18.3. The van der Waals surface area contributed by atoms with Crippen molar-refractivity contribution in [2.75, 3.05) is 13.2 Å². The molecule has 4 aromatic rings. The summed E-state index contributed by atoms with van der Waals surface area (Å²) in [7, 11) is 0. The lowest BCUT2D eigenvalue weighted by Crippen LogP contribution is -2.51. The van der Waals surface area contributed by atoms with E-state index in [4.69, 9.17) is 14.9 Å². The fourth-order valence-corrected chi connectivity index (χ4v) is 4.38. The van der Waals surface area contributed by atoms with Crippen molar-refractivity contribution in [1.29, 1.82) is 0 Å². The molecule has 2 aromatic carbocycles. The largest absolute Gasteiger partial charge is 0.468 e. The van der Waals surface area contributed by atoms with E-state index in [-0.39, 0.29) is 5.91 Å². The van der Waals surface area contributed by atoms with Gasteiger partial charge in [0, 0.05) is 41.1 Å². The lowest BCUT2D eigenvalue weighted by atomic mass is 10.1. The molecule has 1 unspecified atom stereocenters. The average molecular weight is 418 g/mol. The summed E-state index contributed by atoms with van der Waals surface area (Å²) in [4.78, 5) is 12.9. The highest BCUT2D eigenvalue weighted by molar-refractivity contribution is 6.10. The first-order valence-corrected chi connectivity index (χ1v) is 10.6. The number of nitrogens with two attached hydrogens (primary N) is 1. The fourth-order valence-electron chi connectivity index (χ4n) is 4.38. The van der Waals surface area contributed by atoms with Gasteiger partial charge < -0.3 is 19.0 Å². The molecular weight excluding hydrogens is 392 g/mol. The highest BCUT2D eigenvalue weighted by atomic mass is 16.5. The van der Waals surface area contributed by atoms with E-state index in [1.54, 1.807) is 6.26 Å². The predicted octanol–water partition coefficient (Wildman–Crippen LogP) is 3.50. The quantitative estimate of drug-likeness (QED) is 0.417. The topological polar surface area (TPSA) is 94.5 Å². The Morgan fingerprint density at radius 3 is 2.68 bits per heavy atom. The molecule has 1 amide bonds. The number of carbonyl (C=O) groups excluding carboxylic acids is 1. The first-order chi connectivity index (χ1) is 15.2. The Morgan fingerprint density at radius 1 is 1.06 bits per heavy atom. The summed E-state index contributed by atoms with van der Waals surface area (Å²) in [5.41, 5.74) is 8.89. The second-order valence-electron chi connectivity index (χ2n) is 7.87. The zero-order chi connectivity index (χ0) is 21.2. The number of aromatic nitrogens is 1. The van der Waals surface area contributed by atoms with Crippen LogP contribution in [0.1, 0.15) is 35.0 Å². The number of furan rings is 1. The van der Waals surface area contributed by atoms with Crippen LogP contribution in [0, 0.1) is 0 Å². The van der Waals surface area contributed by atoms with E-state index in [1.807, 2.05) is 30.3 Å². The third kappa shape index (κ3) is 3.95. The van der Waals surface area contributed by atoms with Crippen molar-refractivity contribution in [2.24, 2.45) is 5.73 Å². The third-order valence-electron chi connectivity index (χ3n) is 5.89. The number of fused-ring (bicyclic) bond motifs is 3. The van der Waals surface area contributed by atoms with Gasteiger partial charge in [-0.3, -0.25) is 15.8 Å². The minimum absolute atomic E-state index is 0.217. The summed E-state index contributed by atoms with van der Waals surface area (Å²) in [6.07, 6.45) is 2.85. The van der Waals surface area contributed by atoms with Crippen LogP contribution in [0.25, 0.3) is 21.8 Å². The predicted molar refractivity (Wildman–Crippen MR) is 120 cm³/mol. The highest BCUT2D eigenvalue weighted by Crippen LogP contribution is 2.35. The molecule has 31 heavy (non-hydrogen) atoms. The van der Waals surface area contributed by atoms with Crippen LogP contribution in [0.2, 0.25) is 0 Å². The second-order valence-corrected chi connectivity index (χ2v) is 7.87. The molecule has 1 aliphatic rings. The minimum atomic E-state index is -0.686. The molecule has 3 heterocycles. The number of hydrogen-bond acceptors (Lipinski definition) is 5. The molecule has 4 N–H and O–H groups in total. The molecule has 0 aliphatic carbocycles. The zero-order valence-corrected chi connectivity index (χ0v) is 17.2. The van der Waals surface area contributed by atoms with Crippen LogP contribution < -0.4 is 16.4 Å². The highest BCUT2D eigenvalue weighted by Gasteiger charge is 2.22. The maximum absolute atomic E-state index is 12.9. The number of nitrogens with one attached hydrogen (secondary N) is 2. The van der Waals surface area contributed by atoms with Crippen molar-refractivity contribution < 1.29 is 13.9 Å². The molecule has 1 fully saturated rings. The van der Waals surface area contributed by atoms with Gasteiger partial charge in [0.1, 0.15) is 12.0 Å². The molecule has 0 saturated carbocycles. The van der Waals surface area contributed by atoms with Crippen LogP contribution in [0.15, 0.2) is 65.3 Å². The maximum Gasteiger partial charge on any atom is 0.253 e. The van der Waals surface area contributed by atoms with Gasteiger partial charge in [-0.15, -0.1) is 0 Å².